The van der Waals surface area contributed by atoms with Crippen molar-refractivity contribution in [1.82, 2.24) is 9.88 Å². The summed E-state index contributed by atoms with van der Waals surface area (Å²) in [6.07, 6.45) is 2.50. The molecule has 0 aliphatic carbocycles. The van der Waals surface area contributed by atoms with Crippen LogP contribution in [-0.2, 0) is 0 Å². The lowest BCUT2D eigenvalue weighted by atomic mass is 10.0. The summed E-state index contributed by atoms with van der Waals surface area (Å²) in [5.41, 5.74) is 0.675. The molecule has 0 saturated carbocycles. The third-order valence-corrected chi connectivity index (χ3v) is 3.13. The van der Waals surface area contributed by atoms with Crippen molar-refractivity contribution >= 4 is 5.91 Å². The number of amides is 1. The van der Waals surface area contributed by atoms with Crippen LogP contribution in [0.3, 0.4) is 0 Å². The van der Waals surface area contributed by atoms with Gasteiger partial charge < -0.3 is 15.0 Å². The van der Waals surface area contributed by atoms with Gasteiger partial charge in [-0.15, -0.1) is 0 Å². The zero-order valence-corrected chi connectivity index (χ0v) is 11.7. The fourth-order valence-electron chi connectivity index (χ4n) is 1.99. The van der Waals surface area contributed by atoms with Gasteiger partial charge in [-0.1, -0.05) is 13.8 Å². The van der Waals surface area contributed by atoms with Gasteiger partial charge in [0.1, 0.15) is 5.69 Å². The molecule has 0 aromatic carbocycles. The molecule has 0 aliphatic rings. The standard InChI is InChI=1S/C14H24N2O2/c1-10(2)12(7-9-17)15-14(18)13-6-5-8-16(13)11(3)4/h5-6,8,10-12,17H,7,9H2,1-4H3,(H,15,18). The number of aromatic nitrogens is 1. The molecule has 0 radical (unpaired) electrons. The van der Waals surface area contributed by atoms with Gasteiger partial charge in [-0.2, -0.15) is 0 Å². The van der Waals surface area contributed by atoms with Gasteiger partial charge in [0.25, 0.3) is 5.91 Å². The molecule has 2 N–H and O–H groups in total. The van der Waals surface area contributed by atoms with E-state index in [0.717, 1.165) is 0 Å². The van der Waals surface area contributed by atoms with Crippen molar-refractivity contribution in [1.29, 1.82) is 0 Å². The first-order chi connectivity index (χ1) is 8.47. The Bertz CT molecular complexity index is 383. The predicted molar refractivity (Wildman–Crippen MR) is 72.6 cm³/mol. The number of carbonyl (C=O) groups excluding carboxylic acids is 1. The van der Waals surface area contributed by atoms with Crippen LogP contribution in [0.4, 0.5) is 0 Å². The predicted octanol–water partition coefficient (Wildman–Crippen LogP) is 2.21. The first-order valence-corrected chi connectivity index (χ1v) is 6.56. The Morgan fingerprint density at radius 2 is 2.06 bits per heavy atom. The fourth-order valence-corrected chi connectivity index (χ4v) is 1.99. The second kappa shape index (κ2) is 6.59. The van der Waals surface area contributed by atoms with E-state index in [4.69, 9.17) is 5.11 Å². The molecule has 4 heteroatoms. The van der Waals surface area contributed by atoms with E-state index < -0.39 is 0 Å². The lowest BCUT2D eigenvalue weighted by Gasteiger charge is -2.22. The van der Waals surface area contributed by atoms with Crippen LogP contribution < -0.4 is 5.32 Å². The minimum atomic E-state index is -0.0687. The van der Waals surface area contributed by atoms with Crippen LogP contribution in [-0.4, -0.2) is 28.2 Å². The van der Waals surface area contributed by atoms with Crippen molar-refractivity contribution in [3.05, 3.63) is 24.0 Å². The Labute approximate surface area is 109 Å². The zero-order chi connectivity index (χ0) is 13.7. The van der Waals surface area contributed by atoms with Gasteiger partial charge in [0.05, 0.1) is 0 Å². The van der Waals surface area contributed by atoms with Gasteiger partial charge in [0.2, 0.25) is 0 Å². The monoisotopic (exact) mass is 252 g/mol. The molecule has 0 saturated heterocycles. The topological polar surface area (TPSA) is 54.3 Å². The zero-order valence-electron chi connectivity index (χ0n) is 11.7. The largest absolute Gasteiger partial charge is 0.396 e. The number of aliphatic hydroxyl groups excluding tert-OH is 1. The van der Waals surface area contributed by atoms with E-state index in [2.05, 4.69) is 5.32 Å². The molecule has 18 heavy (non-hydrogen) atoms. The Morgan fingerprint density at radius 1 is 1.39 bits per heavy atom. The Balaban J connectivity index is 2.77. The molecule has 1 heterocycles. The maximum Gasteiger partial charge on any atom is 0.268 e. The van der Waals surface area contributed by atoms with Crippen LogP contribution in [0, 0.1) is 5.92 Å². The van der Waals surface area contributed by atoms with Crippen LogP contribution in [0.2, 0.25) is 0 Å². The van der Waals surface area contributed by atoms with E-state index in [1.165, 1.54) is 0 Å². The average Bonchev–Trinajstić information content (AvgIpc) is 2.77. The van der Waals surface area contributed by atoms with E-state index in [0.29, 0.717) is 18.0 Å². The average molecular weight is 252 g/mol. The third kappa shape index (κ3) is 3.60. The summed E-state index contributed by atoms with van der Waals surface area (Å²) in [6, 6.07) is 3.98. The van der Waals surface area contributed by atoms with Crippen molar-refractivity contribution in [2.24, 2.45) is 5.92 Å². The van der Waals surface area contributed by atoms with Gasteiger partial charge in [0.15, 0.2) is 0 Å². The smallest absolute Gasteiger partial charge is 0.268 e. The van der Waals surface area contributed by atoms with Crippen LogP contribution >= 0.6 is 0 Å². The second-order valence-electron chi connectivity index (χ2n) is 5.23. The van der Waals surface area contributed by atoms with Crippen LogP contribution in [0.1, 0.15) is 50.6 Å². The first kappa shape index (κ1) is 14.8. The molecule has 1 aromatic heterocycles. The molecule has 102 valence electrons. The molecule has 1 unspecified atom stereocenters. The minimum Gasteiger partial charge on any atom is -0.396 e. The molecular formula is C14H24N2O2. The first-order valence-electron chi connectivity index (χ1n) is 6.56. The summed E-state index contributed by atoms with van der Waals surface area (Å²) < 4.78 is 1.95. The highest BCUT2D eigenvalue weighted by atomic mass is 16.3. The van der Waals surface area contributed by atoms with Crippen molar-refractivity contribution in [2.45, 2.75) is 46.2 Å². The number of rotatable bonds is 6. The van der Waals surface area contributed by atoms with E-state index in [1.54, 1.807) is 0 Å². The molecule has 0 fully saturated rings. The third-order valence-electron chi connectivity index (χ3n) is 3.13. The normalized spacial score (nSPS) is 13.1. The number of nitrogens with zero attached hydrogens (tertiary/aromatic N) is 1. The maximum atomic E-state index is 12.2. The molecule has 4 nitrogen and oxygen atoms in total. The SMILES string of the molecule is CC(C)C(CCO)NC(=O)c1cccn1C(C)C. The van der Waals surface area contributed by atoms with Crippen LogP contribution in [0.15, 0.2) is 18.3 Å². The minimum absolute atomic E-state index is 0.0120. The second-order valence-corrected chi connectivity index (χ2v) is 5.23. The highest BCUT2D eigenvalue weighted by Gasteiger charge is 2.19. The summed E-state index contributed by atoms with van der Waals surface area (Å²) in [4.78, 5) is 12.2. The summed E-state index contributed by atoms with van der Waals surface area (Å²) in [5.74, 6) is 0.240. The summed E-state index contributed by atoms with van der Waals surface area (Å²) in [7, 11) is 0. The van der Waals surface area contributed by atoms with Crippen molar-refractivity contribution < 1.29 is 9.90 Å². The van der Waals surface area contributed by atoms with E-state index in [-0.39, 0.29) is 24.6 Å². The Morgan fingerprint density at radius 3 is 2.56 bits per heavy atom. The van der Waals surface area contributed by atoms with Gasteiger partial charge >= 0.3 is 0 Å². The van der Waals surface area contributed by atoms with Crippen LogP contribution in [0.5, 0.6) is 0 Å². The summed E-state index contributed by atoms with van der Waals surface area (Å²) in [6.45, 7) is 8.27. The van der Waals surface area contributed by atoms with Crippen LogP contribution in [0.25, 0.3) is 0 Å². The van der Waals surface area contributed by atoms with Gasteiger partial charge in [0, 0.05) is 24.9 Å². The highest BCUT2D eigenvalue weighted by molar-refractivity contribution is 5.93. The summed E-state index contributed by atoms with van der Waals surface area (Å²) >= 11 is 0. The molecule has 0 bridgehead atoms. The van der Waals surface area contributed by atoms with Crippen molar-refractivity contribution in [3.63, 3.8) is 0 Å². The van der Waals surface area contributed by atoms with Crippen molar-refractivity contribution in [3.8, 4) is 0 Å². The highest BCUT2D eigenvalue weighted by Crippen LogP contribution is 2.12. The molecule has 1 amide bonds. The number of hydrogen-bond donors (Lipinski definition) is 2. The maximum absolute atomic E-state index is 12.2. The number of nitrogens with one attached hydrogen (secondary N) is 1. The lowest BCUT2D eigenvalue weighted by Crippen LogP contribution is -2.40. The number of carbonyl (C=O) groups is 1. The van der Waals surface area contributed by atoms with E-state index in [9.17, 15) is 4.79 Å². The number of hydrogen-bond acceptors (Lipinski definition) is 2. The molecule has 0 aliphatic heterocycles. The van der Waals surface area contributed by atoms with Gasteiger partial charge in [-0.25, -0.2) is 0 Å². The molecule has 1 aromatic rings. The van der Waals surface area contributed by atoms with Crippen molar-refractivity contribution in [2.75, 3.05) is 6.61 Å². The Hall–Kier alpha value is -1.29. The molecule has 1 rings (SSSR count). The molecular weight excluding hydrogens is 228 g/mol. The quantitative estimate of drug-likeness (QED) is 0.815. The Kier molecular flexibility index (Phi) is 5.41. The van der Waals surface area contributed by atoms with E-state index in [1.807, 2.05) is 50.6 Å². The summed E-state index contributed by atoms with van der Waals surface area (Å²) in [5, 5.41) is 12.0. The lowest BCUT2D eigenvalue weighted by molar-refractivity contribution is 0.0905. The van der Waals surface area contributed by atoms with Gasteiger partial charge in [-0.3, -0.25) is 4.79 Å². The number of aliphatic hydroxyl groups is 1. The molecule has 1 atom stereocenters. The molecule has 0 spiro atoms. The van der Waals surface area contributed by atoms with E-state index >= 15 is 0 Å². The van der Waals surface area contributed by atoms with Gasteiger partial charge in [-0.05, 0) is 38.3 Å². The fraction of sp³-hybridized carbons (Fsp3) is 0.643.